The zero-order chi connectivity index (χ0) is 14.7. The van der Waals surface area contributed by atoms with Crippen molar-refractivity contribution in [3.8, 4) is 11.5 Å². The summed E-state index contributed by atoms with van der Waals surface area (Å²) in [6.07, 6.45) is -1.35. The molecule has 0 aliphatic heterocycles. The van der Waals surface area contributed by atoms with Crippen molar-refractivity contribution in [2.24, 2.45) is 0 Å². The minimum atomic E-state index is -1.35. The van der Waals surface area contributed by atoms with Crippen molar-refractivity contribution in [2.45, 2.75) is 6.10 Å². The molecular formula is C15H14F2O3. The van der Waals surface area contributed by atoms with Crippen LogP contribution >= 0.6 is 0 Å². The Hall–Kier alpha value is -2.14. The summed E-state index contributed by atoms with van der Waals surface area (Å²) in [6, 6.07) is 7.78. The number of para-hydroxylation sites is 1. The van der Waals surface area contributed by atoms with E-state index in [1.807, 2.05) is 0 Å². The Morgan fingerprint density at radius 2 is 1.75 bits per heavy atom. The number of benzene rings is 2. The maximum atomic E-state index is 13.7. The van der Waals surface area contributed by atoms with E-state index in [-0.39, 0.29) is 11.3 Å². The predicted octanol–water partition coefficient (Wildman–Crippen LogP) is 3.06. The minimum Gasteiger partial charge on any atom is -0.493 e. The third kappa shape index (κ3) is 2.58. The average Bonchev–Trinajstić information content (AvgIpc) is 2.48. The van der Waals surface area contributed by atoms with Crippen LogP contribution in [0, 0.1) is 11.6 Å². The largest absolute Gasteiger partial charge is 0.493 e. The molecule has 2 rings (SSSR count). The van der Waals surface area contributed by atoms with Gasteiger partial charge in [0.05, 0.1) is 14.2 Å². The van der Waals surface area contributed by atoms with Crippen molar-refractivity contribution < 1.29 is 23.4 Å². The number of halogens is 2. The number of rotatable bonds is 4. The smallest absolute Gasteiger partial charge is 0.166 e. The van der Waals surface area contributed by atoms with E-state index in [0.717, 1.165) is 18.2 Å². The third-order valence-electron chi connectivity index (χ3n) is 2.98. The van der Waals surface area contributed by atoms with Crippen LogP contribution < -0.4 is 9.47 Å². The molecule has 0 saturated heterocycles. The zero-order valence-electron chi connectivity index (χ0n) is 11.1. The van der Waals surface area contributed by atoms with Gasteiger partial charge in [-0.05, 0) is 24.3 Å². The monoisotopic (exact) mass is 280 g/mol. The van der Waals surface area contributed by atoms with Gasteiger partial charge in [0.15, 0.2) is 11.5 Å². The fourth-order valence-corrected chi connectivity index (χ4v) is 2.02. The first kappa shape index (κ1) is 14.3. The first-order valence-corrected chi connectivity index (χ1v) is 5.92. The Bertz CT molecular complexity index is 614. The van der Waals surface area contributed by atoms with E-state index < -0.39 is 17.7 Å². The third-order valence-corrected chi connectivity index (χ3v) is 2.98. The van der Waals surface area contributed by atoms with Gasteiger partial charge in [-0.3, -0.25) is 0 Å². The molecular weight excluding hydrogens is 266 g/mol. The normalized spacial score (nSPS) is 12.1. The first-order chi connectivity index (χ1) is 9.58. The van der Waals surface area contributed by atoms with E-state index in [4.69, 9.17) is 9.47 Å². The molecule has 1 atom stereocenters. The van der Waals surface area contributed by atoms with E-state index in [2.05, 4.69) is 0 Å². The van der Waals surface area contributed by atoms with Crippen LogP contribution in [0.4, 0.5) is 8.78 Å². The quantitative estimate of drug-likeness (QED) is 0.935. The second-order valence-electron chi connectivity index (χ2n) is 4.15. The van der Waals surface area contributed by atoms with Gasteiger partial charge in [0.2, 0.25) is 0 Å². The van der Waals surface area contributed by atoms with Crippen LogP contribution in [-0.2, 0) is 0 Å². The van der Waals surface area contributed by atoms with Gasteiger partial charge >= 0.3 is 0 Å². The van der Waals surface area contributed by atoms with Gasteiger partial charge in [-0.2, -0.15) is 0 Å². The molecule has 0 aliphatic carbocycles. The number of hydrogen-bond acceptors (Lipinski definition) is 3. The number of aliphatic hydroxyl groups excluding tert-OH is 1. The van der Waals surface area contributed by atoms with Crippen LogP contribution in [0.25, 0.3) is 0 Å². The van der Waals surface area contributed by atoms with Crippen LogP contribution in [0.5, 0.6) is 11.5 Å². The van der Waals surface area contributed by atoms with Crippen molar-refractivity contribution >= 4 is 0 Å². The molecule has 3 nitrogen and oxygen atoms in total. The standard InChI is InChI=1S/C15H14F2O3/c1-19-13-5-3-4-10(15(13)20-2)14(18)11-8-9(16)6-7-12(11)17/h3-8,14,18H,1-2H3. The van der Waals surface area contributed by atoms with Crippen molar-refractivity contribution in [3.05, 3.63) is 59.2 Å². The minimum absolute atomic E-state index is 0.156. The van der Waals surface area contributed by atoms with Crippen LogP contribution in [0.3, 0.4) is 0 Å². The molecule has 0 saturated carbocycles. The number of ether oxygens (including phenoxy) is 2. The summed E-state index contributed by atoms with van der Waals surface area (Å²) < 4.78 is 37.2. The lowest BCUT2D eigenvalue weighted by Gasteiger charge is -2.17. The summed E-state index contributed by atoms with van der Waals surface area (Å²) in [5.74, 6) is -0.627. The van der Waals surface area contributed by atoms with Crippen molar-refractivity contribution in [1.29, 1.82) is 0 Å². The van der Waals surface area contributed by atoms with E-state index in [0.29, 0.717) is 11.3 Å². The molecule has 106 valence electrons. The zero-order valence-corrected chi connectivity index (χ0v) is 11.1. The van der Waals surface area contributed by atoms with Crippen molar-refractivity contribution in [3.63, 3.8) is 0 Å². The van der Waals surface area contributed by atoms with E-state index >= 15 is 0 Å². The average molecular weight is 280 g/mol. The van der Waals surface area contributed by atoms with Crippen molar-refractivity contribution in [2.75, 3.05) is 14.2 Å². The van der Waals surface area contributed by atoms with Crippen LogP contribution in [0.2, 0.25) is 0 Å². The Kier molecular flexibility index (Phi) is 4.20. The molecule has 5 heteroatoms. The van der Waals surface area contributed by atoms with E-state index in [1.54, 1.807) is 18.2 Å². The maximum Gasteiger partial charge on any atom is 0.166 e. The number of aliphatic hydroxyl groups is 1. The topological polar surface area (TPSA) is 38.7 Å². The van der Waals surface area contributed by atoms with Crippen LogP contribution in [-0.4, -0.2) is 19.3 Å². The SMILES string of the molecule is COc1cccc(C(O)c2cc(F)ccc2F)c1OC. The molecule has 0 fully saturated rings. The molecule has 0 spiro atoms. The molecule has 1 N–H and O–H groups in total. The van der Waals surface area contributed by atoms with Gasteiger partial charge in [0.25, 0.3) is 0 Å². The molecule has 0 radical (unpaired) electrons. The molecule has 0 aliphatic rings. The van der Waals surface area contributed by atoms with Crippen molar-refractivity contribution in [1.82, 2.24) is 0 Å². The molecule has 0 heterocycles. The molecule has 2 aromatic carbocycles. The highest BCUT2D eigenvalue weighted by Gasteiger charge is 2.21. The Morgan fingerprint density at radius 1 is 1.00 bits per heavy atom. The summed E-state index contributed by atoms with van der Waals surface area (Å²) in [5, 5.41) is 10.3. The second kappa shape index (κ2) is 5.88. The fourth-order valence-electron chi connectivity index (χ4n) is 2.02. The van der Waals surface area contributed by atoms with Gasteiger partial charge in [-0.1, -0.05) is 12.1 Å². The molecule has 20 heavy (non-hydrogen) atoms. The summed E-state index contributed by atoms with van der Waals surface area (Å²) >= 11 is 0. The van der Waals surface area contributed by atoms with Gasteiger partial charge in [0, 0.05) is 11.1 Å². The Balaban J connectivity index is 2.53. The van der Waals surface area contributed by atoms with E-state index in [9.17, 15) is 13.9 Å². The Morgan fingerprint density at radius 3 is 2.40 bits per heavy atom. The van der Waals surface area contributed by atoms with E-state index in [1.165, 1.54) is 14.2 Å². The summed E-state index contributed by atoms with van der Waals surface area (Å²) in [7, 11) is 2.87. The molecule has 0 bridgehead atoms. The van der Waals surface area contributed by atoms with Gasteiger partial charge in [0.1, 0.15) is 17.7 Å². The van der Waals surface area contributed by atoms with Crippen LogP contribution in [0.15, 0.2) is 36.4 Å². The maximum absolute atomic E-state index is 13.7. The molecule has 2 aromatic rings. The lowest BCUT2D eigenvalue weighted by atomic mass is 9.99. The summed E-state index contributed by atoms with van der Waals surface area (Å²) in [5.41, 5.74) is 0.146. The van der Waals surface area contributed by atoms with Gasteiger partial charge in [-0.25, -0.2) is 8.78 Å². The molecule has 1 unspecified atom stereocenters. The summed E-state index contributed by atoms with van der Waals surface area (Å²) in [6.45, 7) is 0. The number of hydrogen-bond donors (Lipinski definition) is 1. The predicted molar refractivity (Wildman–Crippen MR) is 70.0 cm³/mol. The fraction of sp³-hybridized carbons (Fsp3) is 0.200. The lowest BCUT2D eigenvalue weighted by molar-refractivity contribution is 0.207. The summed E-state index contributed by atoms with van der Waals surface area (Å²) in [4.78, 5) is 0. The first-order valence-electron chi connectivity index (χ1n) is 5.92. The highest BCUT2D eigenvalue weighted by molar-refractivity contribution is 5.50. The molecule has 0 amide bonds. The highest BCUT2D eigenvalue weighted by Crippen LogP contribution is 2.37. The molecule has 0 aromatic heterocycles. The highest BCUT2D eigenvalue weighted by atomic mass is 19.1. The van der Waals surface area contributed by atoms with Crippen LogP contribution in [0.1, 0.15) is 17.2 Å². The van der Waals surface area contributed by atoms with Gasteiger partial charge < -0.3 is 14.6 Å². The second-order valence-corrected chi connectivity index (χ2v) is 4.15. The lowest BCUT2D eigenvalue weighted by Crippen LogP contribution is -2.06. The Labute approximate surface area is 115 Å². The van der Waals surface area contributed by atoms with Gasteiger partial charge in [-0.15, -0.1) is 0 Å². The number of methoxy groups -OCH3 is 2.